The molecule has 0 spiro atoms. The number of hydrogen-bond donors (Lipinski definition) is 3. The summed E-state index contributed by atoms with van der Waals surface area (Å²) < 4.78 is 43.5. The van der Waals surface area contributed by atoms with E-state index < -0.39 is 27.3 Å². The Labute approximate surface area is 198 Å². The normalized spacial score (nSPS) is 11.6. The van der Waals surface area contributed by atoms with Crippen molar-refractivity contribution in [2.75, 3.05) is 11.8 Å². The molecule has 12 heteroatoms. The number of anilines is 1. The first-order valence-corrected chi connectivity index (χ1v) is 11.6. The highest BCUT2D eigenvalue weighted by Crippen LogP contribution is 2.35. The Bertz CT molecular complexity index is 1620. The first-order chi connectivity index (χ1) is 16.8. The second kappa shape index (κ2) is 9.73. The Kier molecular flexibility index (Phi) is 6.55. The lowest BCUT2D eigenvalue weighted by molar-refractivity contribution is -0.116. The number of benzene rings is 2. The average Bonchev–Trinajstić information content (AvgIpc) is 3.35. The number of ether oxygens (including phenoxy) is 1. The van der Waals surface area contributed by atoms with Crippen LogP contribution in [0.3, 0.4) is 0 Å². The molecule has 1 amide bonds. The third-order valence-electron chi connectivity index (χ3n) is 4.87. The lowest BCUT2D eigenvalue weighted by Crippen LogP contribution is -2.20. The van der Waals surface area contributed by atoms with Crippen molar-refractivity contribution in [2.45, 2.75) is 11.4 Å². The molecule has 0 fully saturated rings. The molecule has 11 nitrogen and oxygen atoms in total. The monoisotopic (exact) mass is 497 g/mol. The summed E-state index contributed by atoms with van der Waals surface area (Å²) in [6, 6.07) is 12.2. The van der Waals surface area contributed by atoms with Gasteiger partial charge in [-0.15, -0.1) is 0 Å². The zero-order chi connectivity index (χ0) is 25.0. The molecule has 2 heterocycles. The molecule has 0 unspecified atom stereocenters. The smallest absolute Gasteiger partial charge is 0.419 e. The fraction of sp³-hybridized carbons (Fsp3) is 0.0870. The summed E-state index contributed by atoms with van der Waals surface area (Å²) in [5.41, 5.74) is -0.996. The minimum absolute atomic E-state index is 0.0201. The second-order valence-electron chi connectivity index (χ2n) is 7.14. The summed E-state index contributed by atoms with van der Waals surface area (Å²) in [6.45, 7) is 0.128. The zero-order valence-corrected chi connectivity index (χ0v) is 19.0. The van der Waals surface area contributed by atoms with Gasteiger partial charge in [-0.3, -0.25) is 14.5 Å². The van der Waals surface area contributed by atoms with Gasteiger partial charge in [-0.1, -0.05) is 18.2 Å². The van der Waals surface area contributed by atoms with Crippen LogP contribution in [0.25, 0.3) is 17.0 Å². The van der Waals surface area contributed by atoms with Gasteiger partial charge in [-0.05, 0) is 36.4 Å². The van der Waals surface area contributed by atoms with E-state index in [1.807, 2.05) is 0 Å². The molecule has 35 heavy (non-hydrogen) atoms. The molecule has 2 aromatic carbocycles. The molecule has 0 aliphatic carbocycles. The van der Waals surface area contributed by atoms with Gasteiger partial charge in [0.05, 0.1) is 36.0 Å². The lowest BCUT2D eigenvalue weighted by Gasteiger charge is -2.15. The summed E-state index contributed by atoms with van der Waals surface area (Å²) in [5.74, 6) is -1.11. The van der Waals surface area contributed by atoms with Crippen molar-refractivity contribution in [3.05, 3.63) is 93.2 Å². The van der Waals surface area contributed by atoms with Crippen LogP contribution in [-0.4, -0.2) is 26.4 Å². The van der Waals surface area contributed by atoms with E-state index in [1.54, 1.807) is 30.3 Å². The number of aromatic amines is 1. The van der Waals surface area contributed by atoms with Crippen molar-refractivity contribution in [3.63, 3.8) is 0 Å². The number of methoxy groups -OCH3 is 1. The number of sulfonamides is 1. The summed E-state index contributed by atoms with van der Waals surface area (Å²) >= 11 is 0. The van der Waals surface area contributed by atoms with Gasteiger partial charge < -0.3 is 18.9 Å². The van der Waals surface area contributed by atoms with Crippen LogP contribution in [0.4, 0.5) is 5.69 Å². The number of H-pyrrole nitrogens is 1. The fourth-order valence-corrected chi connectivity index (χ4v) is 4.41. The molecule has 0 aliphatic heterocycles. The molecule has 180 valence electrons. The van der Waals surface area contributed by atoms with Crippen LogP contribution in [0, 0.1) is 0 Å². The van der Waals surface area contributed by atoms with Crippen LogP contribution >= 0.6 is 0 Å². The van der Waals surface area contributed by atoms with Gasteiger partial charge in [0.2, 0.25) is 5.91 Å². The van der Waals surface area contributed by atoms with Crippen LogP contribution in [0.5, 0.6) is 5.75 Å². The van der Waals surface area contributed by atoms with Crippen LogP contribution < -0.4 is 26.2 Å². The molecule has 4 aromatic rings. The summed E-state index contributed by atoms with van der Waals surface area (Å²) in [5, 5.41) is 2.48. The molecular weight excluding hydrogens is 478 g/mol. The van der Waals surface area contributed by atoms with Gasteiger partial charge in [-0.25, -0.2) is 18.0 Å². The third-order valence-corrected chi connectivity index (χ3v) is 6.25. The van der Waals surface area contributed by atoms with Gasteiger partial charge in [0.25, 0.3) is 10.0 Å². The van der Waals surface area contributed by atoms with E-state index in [4.69, 9.17) is 9.15 Å². The number of carbonyl (C=O) groups excluding carboxylic acids is 1. The van der Waals surface area contributed by atoms with Crippen LogP contribution in [0.1, 0.15) is 11.3 Å². The first-order valence-electron chi connectivity index (χ1n) is 10.1. The zero-order valence-electron chi connectivity index (χ0n) is 18.2. The third kappa shape index (κ3) is 5.17. The maximum absolute atomic E-state index is 13.0. The van der Waals surface area contributed by atoms with Crippen molar-refractivity contribution in [2.24, 2.45) is 0 Å². The number of fused-ring (bicyclic) bond motifs is 1. The Morgan fingerprint density at radius 3 is 2.60 bits per heavy atom. The van der Waals surface area contributed by atoms with Crippen molar-refractivity contribution in [1.82, 2.24) is 10.3 Å². The van der Waals surface area contributed by atoms with E-state index in [0.717, 1.165) is 6.08 Å². The molecule has 0 atom stereocenters. The largest absolute Gasteiger partial charge is 0.495 e. The highest BCUT2D eigenvalue weighted by Gasteiger charge is 2.22. The lowest BCUT2D eigenvalue weighted by atomic mass is 10.1. The Hall–Kier alpha value is -4.58. The number of rotatable bonds is 8. The van der Waals surface area contributed by atoms with Crippen LogP contribution in [0.15, 0.2) is 84.2 Å². The number of hydrogen-bond acceptors (Lipinski definition) is 8. The second-order valence-corrected chi connectivity index (χ2v) is 8.83. The van der Waals surface area contributed by atoms with E-state index in [-0.39, 0.29) is 39.3 Å². The molecular formula is C23H19N3O8S. The number of aromatic nitrogens is 1. The molecule has 0 saturated heterocycles. The van der Waals surface area contributed by atoms with Gasteiger partial charge in [0, 0.05) is 11.6 Å². The van der Waals surface area contributed by atoms with E-state index in [2.05, 4.69) is 19.4 Å². The molecule has 4 rings (SSSR count). The topological polar surface area (TPSA) is 161 Å². The average molecular weight is 497 g/mol. The van der Waals surface area contributed by atoms with Gasteiger partial charge >= 0.3 is 11.4 Å². The van der Waals surface area contributed by atoms with Crippen molar-refractivity contribution < 1.29 is 26.8 Å². The van der Waals surface area contributed by atoms with Crippen molar-refractivity contribution >= 4 is 38.6 Å². The highest BCUT2D eigenvalue weighted by atomic mass is 32.2. The molecule has 0 radical (unpaired) electrons. The fourth-order valence-electron chi connectivity index (χ4n) is 3.32. The molecule has 0 saturated carbocycles. The van der Waals surface area contributed by atoms with Gasteiger partial charge in [-0.2, -0.15) is 0 Å². The van der Waals surface area contributed by atoms with Crippen molar-refractivity contribution in [3.8, 4) is 5.75 Å². The maximum Gasteiger partial charge on any atom is 0.419 e. The molecule has 0 bridgehead atoms. The van der Waals surface area contributed by atoms with Gasteiger partial charge in [0.15, 0.2) is 0 Å². The summed E-state index contributed by atoms with van der Waals surface area (Å²) in [4.78, 5) is 38.8. The van der Waals surface area contributed by atoms with E-state index in [1.165, 1.54) is 37.6 Å². The summed E-state index contributed by atoms with van der Waals surface area (Å²) in [6.07, 6.45) is 3.89. The van der Waals surface area contributed by atoms with Crippen LogP contribution in [0.2, 0.25) is 0 Å². The molecule has 2 aromatic heterocycles. The number of amides is 1. The quantitative estimate of drug-likeness (QED) is 0.312. The summed E-state index contributed by atoms with van der Waals surface area (Å²) in [7, 11) is -2.82. The predicted molar refractivity (Wildman–Crippen MR) is 126 cm³/mol. The minimum Gasteiger partial charge on any atom is -0.495 e. The molecule has 0 aliphatic rings. The standard InChI is InChI=1S/C23H19N3O8S/c1-32-21-16(9-10-19(27)24-13-14-6-5-11-33-14)17(12-18-20(21)22(28)34-23(29)25-18)26-35(30,31)15-7-3-2-4-8-15/h2-12,26H,13H2,1H3,(H,24,27)(H,25,29). The van der Waals surface area contributed by atoms with E-state index in [9.17, 15) is 22.8 Å². The van der Waals surface area contributed by atoms with E-state index in [0.29, 0.717) is 5.76 Å². The Morgan fingerprint density at radius 2 is 1.91 bits per heavy atom. The SMILES string of the molecule is COc1c(C=CC(=O)NCc2ccco2)c(NS(=O)(=O)c2ccccc2)cc2[nH]c(=O)oc(=O)c12. The first kappa shape index (κ1) is 23.6. The Balaban J connectivity index is 1.80. The van der Waals surface area contributed by atoms with Crippen molar-refractivity contribution in [1.29, 1.82) is 0 Å². The minimum atomic E-state index is -4.07. The highest BCUT2D eigenvalue weighted by molar-refractivity contribution is 7.92. The number of nitrogens with one attached hydrogen (secondary N) is 3. The van der Waals surface area contributed by atoms with Crippen LogP contribution in [-0.2, 0) is 21.4 Å². The van der Waals surface area contributed by atoms with Gasteiger partial charge in [0.1, 0.15) is 16.9 Å². The maximum atomic E-state index is 13.0. The number of carbonyl (C=O) groups is 1. The Morgan fingerprint density at radius 1 is 1.14 bits per heavy atom. The number of furan rings is 1. The predicted octanol–water partition coefficient (Wildman–Crippen LogP) is 2.21. The van der Waals surface area contributed by atoms with E-state index >= 15 is 0 Å². The molecule has 3 N–H and O–H groups in total.